The lowest BCUT2D eigenvalue weighted by molar-refractivity contribution is 1.21. The molecule has 0 aromatic rings. The molecule has 0 spiro atoms. The highest BCUT2D eigenvalue weighted by Gasteiger charge is 1.79. The zero-order valence-electron chi connectivity index (χ0n) is 7.38. The van der Waals surface area contributed by atoms with Crippen LogP contribution in [0, 0.1) is 0 Å². The van der Waals surface area contributed by atoms with E-state index in [1.807, 2.05) is 31.2 Å². The molecule has 0 amide bonds. The fourth-order valence-electron chi connectivity index (χ4n) is 0.713. The van der Waals surface area contributed by atoms with Crippen LogP contribution in [0.3, 0.4) is 0 Å². The van der Waals surface area contributed by atoms with E-state index < -0.39 is 0 Å². The maximum atomic E-state index is 3.63. The van der Waals surface area contributed by atoms with Crippen LogP contribution in [-0.2, 0) is 0 Å². The van der Waals surface area contributed by atoms with Crippen molar-refractivity contribution in [2.75, 3.05) is 0 Å². The molecule has 0 aliphatic heterocycles. The minimum Gasteiger partial charge on any atom is -0.0991 e. The zero-order valence-corrected chi connectivity index (χ0v) is 7.38. The maximum Gasteiger partial charge on any atom is -0.0135 e. The SMILES string of the molecule is C=CC=C(C)CC=CC=CC. The Morgan fingerprint density at radius 1 is 1.36 bits per heavy atom. The summed E-state index contributed by atoms with van der Waals surface area (Å²) in [6.07, 6.45) is 13.1. The molecule has 0 rings (SSSR count). The lowest BCUT2D eigenvalue weighted by Gasteiger charge is -1.90. The second-order valence-electron chi connectivity index (χ2n) is 2.41. The van der Waals surface area contributed by atoms with Crippen LogP contribution < -0.4 is 0 Å². The van der Waals surface area contributed by atoms with Crippen LogP contribution in [0.1, 0.15) is 20.3 Å². The fourth-order valence-corrected chi connectivity index (χ4v) is 0.713. The molecule has 0 bridgehead atoms. The van der Waals surface area contributed by atoms with Crippen LogP contribution in [-0.4, -0.2) is 0 Å². The van der Waals surface area contributed by atoms with E-state index in [-0.39, 0.29) is 0 Å². The van der Waals surface area contributed by atoms with Crippen LogP contribution in [0.5, 0.6) is 0 Å². The maximum absolute atomic E-state index is 3.63. The number of hydrogen-bond donors (Lipinski definition) is 0. The van der Waals surface area contributed by atoms with Crippen molar-refractivity contribution < 1.29 is 0 Å². The Kier molecular flexibility index (Phi) is 6.40. The molecule has 60 valence electrons. The molecule has 0 saturated carbocycles. The molecular formula is C11H16. The summed E-state index contributed by atoms with van der Waals surface area (Å²) < 4.78 is 0. The van der Waals surface area contributed by atoms with Gasteiger partial charge < -0.3 is 0 Å². The molecule has 0 fully saturated rings. The van der Waals surface area contributed by atoms with Gasteiger partial charge in [-0.2, -0.15) is 0 Å². The molecule has 0 heterocycles. The quantitative estimate of drug-likeness (QED) is 0.534. The highest BCUT2D eigenvalue weighted by atomic mass is 13.9. The van der Waals surface area contributed by atoms with Crippen LogP contribution in [0.4, 0.5) is 0 Å². The molecule has 0 aromatic carbocycles. The van der Waals surface area contributed by atoms with Crippen molar-refractivity contribution >= 4 is 0 Å². The van der Waals surface area contributed by atoms with Gasteiger partial charge in [-0.15, -0.1) is 0 Å². The lowest BCUT2D eigenvalue weighted by Crippen LogP contribution is -1.69. The molecule has 0 nitrogen and oxygen atoms in total. The van der Waals surface area contributed by atoms with Crippen molar-refractivity contribution in [2.24, 2.45) is 0 Å². The van der Waals surface area contributed by atoms with E-state index in [0.29, 0.717) is 0 Å². The third-order valence-corrected chi connectivity index (χ3v) is 1.28. The van der Waals surface area contributed by atoms with E-state index in [9.17, 15) is 0 Å². The van der Waals surface area contributed by atoms with Gasteiger partial charge in [0.2, 0.25) is 0 Å². The van der Waals surface area contributed by atoms with Crippen molar-refractivity contribution in [2.45, 2.75) is 20.3 Å². The van der Waals surface area contributed by atoms with Gasteiger partial charge in [-0.25, -0.2) is 0 Å². The largest absolute Gasteiger partial charge is 0.0991 e. The average Bonchev–Trinajstić information content (AvgIpc) is 1.99. The van der Waals surface area contributed by atoms with Crippen molar-refractivity contribution in [1.82, 2.24) is 0 Å². The van der Waals surface area contributed by atoms with Gasteiger partial charge in [-0.3, -0.25) is 0 Å². The first-order valence-corrected chi connectivity index (χ1v) is 3.87. The fraction of sp³-hybridized carbons (Fsp3) is 0.273. The van der Waals surface area contributed by atoms with E-state index in [2.05, 4.69) is 25.7 Å². The monoisotopic (exact) mass is 148 g/mol. The van der Waals surface area contributed by atoms with Gasteiger partial charge in [-0.1, -0.05) is 48.6 Å². The lowest BCUT2D eigenvalue weighted by atomic mass is 10.2. The van der Waals surface area contributed by atoms with Gasteiger partial charge in [0.1, 0.15) is 0 Å². The van der Waals surface area contributed by atoms with Gasteiger partial charge in [0.15, 0.2) is 0 Å². The van der Waals surface area contributed by atoms with Crippen molar-refractivity contribution in [1.29, 1.82) is 0 Å². The molecular weight excluding hydrogens is 132 g/mol. The molecule has 0 radical (unpaired) electrons. The van der Waals surface area contributed by atoms with Crippen LogP contribution in [0.2, 0.25) is 0 Å². The Bertz CT molecular complexity index is 180. The Hall–Kier alpha value is -1.04. The van der Waals surface area contributed by atoms with Gasteiger partial charge in [0.05, 0.1) is 0 Å². The van der Waals surface area contributed by atoms with Gasteiger partial charge >= 0.3 is 0 Å². The molecule has 0 aliphatic carbocycles. The standard InChI is InChI=1S/C11H16/c1-4-6-7-8-10-11(3)9-5-2/h4-9H,2,10H2,1,3H3. The second kappa shape index (κ2) is 7.07. The van der Waals surface area contributed by atoms with E-state index in [0.717, 1.165) is 6.42 Å². The Labute approximate surface area is 69.6 Å². The number of hydrogen-bond acceptors (Lipinski definition) is 0. The summed E-state index contributed by atoms with van der Waals surface area (Å²) >= 11 is 0. The summed E-state index contributed by atoms with van der Waals surface area (Å²) in [4.78, 5) is 0. The van der Waals surface area contributed by atoms with Crippen molar-refractivity contribution in [3.63, 3.8) is 0 Å². The third kappa shape index (κ3) is 6.85. The first-order valence-electron chi connectivity index (χ1n) is 3.87. The van der Waals surface area contributed by atoms with Gasteiger partial charge in [0.25, 0.3) is 0 Å². The molecule has 0 aliphatic rings. The minimum absolute atomic E-state index is 1.01. The molecule has 0 atom stereocenters. The summed E-state index contributed by atoms with van der Waals surface area (Å²) in [6.45, 7) is 7.74. The number of rotatable bonds is 4. The summed E-state index contributed by atoms with van der Waals surface area (Å²) in [5.74, 6) is 0. The summed E-state index contributed by atoms with van der Waals surface area (Å²) in [6, 6.07) is 0. The van der Waals surface area contributed by atoms with Crippen LogP contribution in [0.15, 0.2) is 48.6 Å². The third-order valence-electron chi connectivity index (χ3n) is 1.28. The van der Waals surface area contributed by atoms with E-state index >= 15 is 0 Å². The summed E-state index contributed by atoms with van der Waals surface area (Å²) in [7, 11) is 0. The van der Waals surface area contributed by atoms with E-state index in [1.165, 1.54) is 5.57 Å². The summed E-state index contributed by atoms with van der Waals surface area (Å²) in [5.41, 5.74) is 1.33. The van der Waals surface area contributed by atoms with Crippen molar-refractivity contribution in [3.05, 3.63) is 48.6 Å². The predicted octanol–water partition coefficient (Wildman–Crippen LogP) is 3.64. The highest BCUT2D eigenvalue weighted by molar-refractivity contribution is 5.13. The molecule has 0 heteroatoms. The molecule has 0 aromatic heterocycles. The minimum atomic E-state index is 1.01. The first kappa shape index (κ1) is 9.96. The molecule has 11 heavy (non-hydrogen) atoms. The Morgan fingerprint density at radius 3 is 2.64 bits per heavy atom. The van der Waals surface area contributed by atoms with Crippen LogP contribution >= 0.6 is 0 Å². The Balaban J connectivity index is 3.69. The zero-order chi connectivity index (χ0) is 8.53. The first-order chi connectivity index (χ1) is 5.31. The normalized spacial score (nSPS) is 13.1. The molecule has 0 unspecified atom stereocenters. The molecule has 0 N–H and O–H groups in total. The number of allylic oxidation sites excluding steroid dienone is 7. The molecule has 0 saturated heterocycles. The van der Waals surface area contributed by atoms with Crippen molar-refractivity contribution in [3.8, 4) is 0 Å². The topological polar surface area (TPSA) is 0 Å². The summed E-state index contributed by atoms with van der Waals surface area (Å²) in [5, 5.41) is 0. The predicted molar refractivity (Wildman–Crippen MR) is 52.5 cm³/mol. The highest BCUT2D eigenvalue weighted by Crippen LogP contribution is 2.00. The van der Waals surface area contributed by atoms with Gasteiger partial charge in [0, 0.05) is 0 Å². The van der Waals surface area contributed by atoms with E-state index in [1.54, 1.807) is 0 Å². The average molecular weight is 148 g/mol. The smallest absolute Gasteiger partial charge is 0.0135 e. The Morgan fingerprint density at radius 2 is 2.09 bits per heavy atom. The van der Waals surface area contributed by atoms with E-state index in [4.69, 9.17) is 0 Å². The second-order valence-corrected chi connectivity index (χ2v) is 2.41. The van der Waals surface area contributed by atoms with Crippen LogP contribution in [0.25, 0.3) is 0 Å². The van der Waals surface area contributed by atoms with Gasteiger partial charge in [-0.05, 0) is 20.3 Å².